The summed E-state index contributed by atoms with van der Waals surface area (Å²) < 4.78 is 5.24. The molecule has 6 nitrogen and oxygen atoms in total. The lowest BCUT2D eigenvalue weighted by atomic mass is 10.0. The van der Waals surface area contributed by atoms with Gasteiger partial charge in [0.05, 0.1) is 6.04 Å². The number of alkyl carbamates (subject to hydrolysis) is 1. The van der Waals surface area contributed by atoms with E-state index in [4.69, 9.17) is 12.6 Å². The molecule has 1 atom stereocenters. The van der Waals surface area contributed by atoms with E-state index in [2.05, 4.69) is 15.3 Å². The van der Waals surface area contributed by atoms with E-state index in [-0.39, 0.29) is 12.1 Å². The molecule has 0 aromatic carbocycles. The van der Waals surface area contributed by atoms with E-state index < -0.39 is 5.60 Å². The van der Waals surface area contributed by atoms with Crippen molar-refractivity contribution in [3.8, 4) is 0 Å². The van der Waals surface area contributed by atoms with Crippen LogP contribution in [0.2, 0.25) is 0 Å². The molecule has 2 rings (SSSR count). The van der Waals surface area contributed by atoms with Crippen molar-refractivity contribution in [2.24, 2.45) is 0 Å². The summed E-state index contributed by atoms with van der Waals surface area (Å²) in [6.45, 7) is 6.99. The third-order valence-corrected chi connectivity index (χ3v) is 2.85. The summed E-state index contributed by atoms with van der Waals surface area (Å²) in [6.07, 6.45) is 3.61. The number of hydrogen-bond donors (Lipinski definition) is 1. The number of hydrogen-bond acceptors (Lipinski definition) is 5. The van der Waals surface area contributed by atoms with Gasteiger partial charge >= 0.3 is 6.09 Å². The highest BCUT2D eigenvalue weighted by molar-refractivity contribution is 6.31. The normalized spacial score (nSPS) is 18.9. The van der Waals surface area contributed by atoms with Crippen LogP contribution in [0, 0.1) is 0 Å². The van der Waals surface area contributed by atoms with Crippen molar-refractivity contribution in [1.82, 2.24) is 15.3 Å². The summed E-state index contributed by atoms with van der Waals surface area (Å²) in [5, 5.41) is 2.86. The Morgan fingerprint density at radius 3 is 2.70 bits per heavy atom. The maximum Gasteiger partial charge on any atom is 0.407 e. The summed E-state index contributed by atoms with van der Waals surface area (Å²) in [5.74, 6) is 0.632. The first kappa shape index (κ1) is 14.6. The molecule has 20 heavy (non-hydrogen) atoms. The molecule has 1 fully saturated rings. The maximum atomic E-state index is 11.7. The van der Waals surface area contributed by atoms with Crippen LogP contribution >= 0.6 is 0 Å². The minimum Gasteiger partial charge on any atom is -0.444 e. The monoisotopic (exact) mass is 274 g/mol. The van der Waals surface area contributed by atoms with Gasteiger partial charge in [-0.05, 0) is 27.2 Å². The third-order valence-electron chi connectivity index (χ3n) is 2.85. The van der Waals surface area contributed by atoms with Crippen LogP contribution in [0.4, 0.5) is 10.7 Å². The number of nitrogens with zero attached hydrogens (tertiary/aromatic N) is 3. The summed E-state index contributed by atoms with van der Waals surface area (Å²) in [6, 6.07) is 0.0472. The molecule has 0 spiro atoms. The minimum atomic E-state index is -0.484. The Hall–Kier alpha value is -1.79. The van der Waals surface area contributed by atoms with E-state index in [1.165, 1.54) is 0 Å². The number of amides is 1. The average Bonchev–Trinajstić information content (AvgIpc) is 2.75. The number of anilines is 1. The van der Waals surface area contributed by atoms with Crippen molar-refractivity contribution in [2.75, 3.05) is 18.0 Å². The Morgan fingerprint density at radius 1 is 1.45 bits per heavy atom. The van der Waals surface area contributed by atoms with Crippen LogP contribution in [0.3, 0.4) is 0 Å². The molecule has 1 unspecified atom stereocenters. The molecule has 1 aromatic heterocycles. The number of ether oxygens (including phenoxy) is 1. The Balaban J connectivity index is 1.86. The number of nitrogens with one attached hydrogen (secondary N) is 1. The Bertz CT molecular complexity index is 472. The first-order chi connectivity index (χ1) is 9.33. The SMILES string of the molecule is [B]c1cnc(N2CCC(NC(=O)OC(C)(C)C)C2)nc1. The molecule has 1 aliphatic rings. The third kappa shape index (κ3) is 4.11. The van der Waals surface area contributed by atoms with Gasteiger partial charge in [-0.3, -0.25) is 0 Å². The fourth-order valence-corrected chi connectivity index (χ4v) is 2.03. The van der Waals surface area contributed by atoms with Gasteiger partial charge in [-0.1, -0.05) is 5.46 Å². The van der Waals surface area contributed by atoms with Gasteiger partial charge in [-0.2, -0.15) is 0 Å². The standard InChI is InChI=1S/C13H19BN4O2/c1-13(2,3)20-12(19)17-10-4-5-18(8-10)11-15-6-9(14)7-16-11/h6-7,10H,4-5,8H2,1-3H3,(H,17,19). The Morgan fingerprint density at radius 2 is 2.10 bits per heavy atom. The molecule has 2 heterocycles. The zero-order valence-electron chi connectivity index (χ0n) is 12.1. The van der Waals surface area contributed by atoms with E-state index in [0.29, 0.717) is 18.0 Å². The van der Waals surface area contributed by atoms with Gasteiger partial charge in [0.1, 0.15) is 13.4 Å². The molecule has 1 aliphatic heterocycles. The predicted molar refractivity (Wildman–Crippen MR) is 77.4 cm³/mol. The fraction of sp³-hybridized carbons (Fsp3) is 0.615. The second-order valence-corrected chi connectivity index (χ2v) is 5.89. The molecule has 0 saturated carbocycles. The first-order valence-electron chi connectivity index (χ1n) is 6.65. The lowest BCUT2D eigenvalue weighted by Crippen LogP contribution is -2.40. The van der Waals surface area contributed by atoms with Crippen LogP contribution in [0.15, 0.2) is 12.4 Å². The molecular weight excluding hydrogens is 255 g/mol. The highest BCUT2D eigenvalue weighted by atomic mass is 16.6. The van der Waals surface area contributed by atoms with Crippen molar-refractivity contribution in [2.45, 2.75) is 38.8 Å². The second kappa shape index (κ2) is 5.69. The van der Waals surface area contributed by atoms with Crippen LogP contribution in [-0.2, 0) is 4.74 Å². The Labute approximate surface area is 120 Å². The van der Waals surface area contributed by atoms with Crippen LogP contribution in [0.25, 0.3) is 0 Å². The fourth-order valence-electron chi connectivity index (χ4n) is 2.03. The molecule has 1 amide bonds. The number of aromatic nitrogens is 2. The van der Waals surface area contributed by atoms with Crippen LogP contribution < -0.4 is 15.7 Å². The van der Waals surface area contributed by atoms with Crippen molar-refractivity contribution >= 4 is 25.4 Å². The number of carbonyl (C=O) groups excluding carboxylic acids is 1. The smallest absolute Gasteiger partial charge is 0.407 e. The van der Waals surface area contributed by atoms with E-state index in [0.717, 1.165) is 13.0 Å². The van der Waals surface area contributed by atoms with Gasteiger partial charge in [-0.25, -0.2) is 14.8 Å². The molecular formula is C13H19BN4O2. The molecule has 1 aromatic rings. The highest BCUT2D eigenvalue weighted by Crippen LogP contribution is 2.15. The van der Waals surface area contributed by atoms with E-state index in [1.54, 1.807) is 12.4 Å². The van der Waals surface area contributed by atoms with E-state index >= 15 is 0 Å². The highest BCUT2D eigenvalue weighted by Gasteiger charge is 2.27. The zero-order chi connectivity index (χ0) is 14.8. The zero-order valence-corrected chi connectivity index (χ0v) is 12.1. The van der Waals surface area contributed by atoms with Gasteiger partial charge in [0, 0.05) is 25.5 Å². The van der Waals surface area contributed by atoms with E-state index in [1.807, 2.05) is 25.7 Å². The predicted octanol–water partition coefficient (Wildman–Crippen LogP) is 0.374. The molecule has 0 bridgehead atoms. The summed E-state index contributed by atoms with van der Waals surface area (Å²) >= 11 is 0. The van der Waals surface area contributed by atoms with Gasteiger partial charge in [0.15, 0.2) is 0 Å². The van der Waals surface area contributed by atoms with Gasteiger partial charge in [0.2, 0.25) is 5.95 Å². The van der Waals surface area contributed by atoms with Crippen molar-refractivity contribution in [1.29, 1.82) is 0 Å². The average molecular weight is 274 g/mol. The summed E-state index contributed by atoms with van der Waals surface area (Å²) in [5.41, 5.74) is 0.0546. The maximum absolute atomic E-state index is 11.7. The molecule has 2 radical (unpaired) electrons. The lowest BCUT2D eigenvalue weighted by Gasteiger charge is -2.22. The topological polar surface area (TPSA) is 67.4 Å². The summed E-state index contributed by atoms with van der Waals surface area (Å²) in [7, 11) is 5.56. The first-order valence-corrected chi connectivity index (χ1v) is 6.65. The molecule has 0 aliphatic carbocycles. The van der Waals surface area contributed by atoms with Gasteiger partial charge < -0.3 is 15.0 Å². The number of carbonyl (C=O) groups is 1. The largest absolute Gasteiger partial charge is 0.444 e. The van der Waals surface area contributed by atoms with Crippen LogP contribution in [0.1, 0.15) is 27.2 Å². The van der Waals surface area contributed by atoms with E-state index in [9.17, 15) is 4.79 Å². The molecule has 1 saturated heterocycles. The van der Waals surface area contributed by atoms with Gasteiger partial charge in [-0.15, -0.1) is 0 Å². The van der Waals surface area contributed by atoms with Crippen molar-refractivity contribution in [3.05, 3.63) is 12.4 Å². The molecule has 1 N–H and O–H groups in total. The second-order valence-electron chi connectivity index (χ2n) is 5.89. The molecule has 106 valence electrons. The minimum absolute atomic E-state index is 0.0472. The molecule has 7 heteroatoms. The quantitative estimate of drug-likeness (QED) is 0.789. The Kier molecular flexibility index (Phi) is 4.16. The lowest BCUT2D eigenvalue weighted by molar-refractivity contribution is 0.0509. The van der Waals surface area contributed by atoms with Crippen molar-refractivity contribution in [3.63, 3.8) is 0 Å². The van der Waals surface area contributed by atoms with Crippen LogP contribution in [-0.4, -0.2) is 48.6 Å². The summed E-state index contributed by atoms with van der Waals surface area (Å²) in [4.78, 5) is 22.1. The number of rotatable bonds is 2. The van der Waals surface area contributed by atoms with Crippen LogP contribution in [0.5, 0.6) is 0 Å². The van der Waals surface area contributed by atoms with Gasteiger partial charge in [0.25, 0.3) is 0 Å². The van der Waals surface area contributed by atoms with Crippen molar-refractivity contribution < 1.29 is 9.53 Å².